The number of esters is 8. The first-order valence-corrected chi connectivity index (χ1v) is 22.0. The molecule has 1 N–H and O–H groups in total. The Morgan fingerprint density at radius 3 is 1.99 bits per heavy atom. The van der Waals surface area contributed by atoms with Crippen molar-refractivity contribution in [2.45, 2.75) is 115 Å². The van der Waals surface area contributed by atoms with Gasteiger partial charge in [0.2, 0.25) is 5.56 Å². The van der Waals surface area contributed by atoms with Crippen LogP contribution in [0.4, 0.5) is 0 Å². The van der Waals surface area contributed by atoms with Gasteiger partial charge < -0.3 is 52.3 Å². The van der Waals surface area contributed by atoms with E-state index in [0.29, 0.717) is 0 Å². The molecule has 3 fully saturated rings. The summed E-state index contributed by atoms with van der Waals surface area (Å²) < 4.78 is 57.5. The fraction of sp³-hybridized carbons (Fsp3) is 0.500. The Balaban J connectivity index is 1.65. The number of rotatable bonds is 9. The van der Waals surface area contributed by atoms with Crippen LogP contribution in [0.25, 0.3) is 0 Å². The second kappa shape index (κ2) is 18.5. The smallest absolute Gasteiger partial charge is 0.340 e. The number of benzene rings is 1. The third-order valence-electron chi connectivity index (χ3n) is 13.6. The Hall–Kier alpha value is -7.00. The molecule has 2 aromatic heterocycles. The first-order chi connectivity index (χ1) is 32.4. The van der Waals surface area contributed by atoms with Gasteiger partial charge in [-0.05, 0) is 44.2 Å². The largest absolute Gasteiger partial charge is 0.465 e. The quantitative estimate of drug-likeness (QED) is 0.238. The molecule has 2 saturated carbocycles. The van der Waals surface area contributed by atoms with Crippen LogP contribution in [-0.4, -0.2) is 129 Å². The average Bonchev–Trinajstić information content (AvgIpc) is 3.51. The topological polar surface area (TPSA) is 275 Å². The number of nitrogens with zero attached hydrogens (tertiary/aromatic N) is 2. The molecule has 368 valence electrons. The van der Waals surface area contributed by atoms with Crippen molar-refractivity contribution in [3.63, 3.8) is 0 Å². The lowest BCUT2D eigenvalue weighted by molar-refractivity contribution is -0.385. The molecule has 13 atom stereocenters. The van der Waals surface area contributed by atoms with Gasteiger partial charge >= 0.3 is 47.8 Å². The monoisotopic (exact) mass is 960 g/mol. The maximum atomic E-state index is 14.8. The van der Waals surface area contributed by atoms with Gasteiger partial charge in [0.15, 0.2) is 30.0 Å². The molecular weight excluding hydrogens is 909 g/mol. The highest BCUT2D eigenvalue weighted by Gasteiger charge is 2.92. The van der Waals surface area contributed by atoms with Crippen molar-refractivity contribution in [3.05, 3.63) is 99.7 Å². The van der Waals surface area contributed by atoms with E-state index in [-0.39, 0.29) is 22.4 Å². The van der Waals surface area contributed by atoms with Crippen molar-refractivity contribution in [2.24, 2.45) is 24.3 Å². The Kier molecular flexibility index (Phi) is 13.4. The second-order valence-electron chi connectivity index (χ2n) is 18.2. The summed E-state index contributed by atoms with van der Waals surface area (Å²) in [5.41, 5.74) is -11.7. The van der Waals surface area contributed by atoms with Gasteiger partial charge in [-0.25, -0.2) is 14.4 Å². The highest BCUT2D eigenvalue weighted by molar-refractivity contribution is 5.92. The third-order valence-corrected chi connectivity index (χ3v) is 13.6. The van der Waals surface area contributed by atoms with Crippen molar-refractivity contribution in [3.8, 4) is 0 Å². The van der Waals surface area contributed by atoms with E-state index in [9.17, 15) is 48.3 Å². The first-order valence-electron chi connectivity index (χ1n) is 22.0. The summed E-state index contributed by atoms with van der Waals surface area (Å²) in [6, 6.07) is 12.4. The van der Waals surface area contributed by atoms with Crippen molar-refractivity contribution < 1.29 is 86.1 Å². The summed E-state index contributed by atoms with van der Waals surface area (Å²) >= 11 is 0. The summed E-state index contributed by atoms with van der Waals surface area (Å²) in [6.45, 7) is 7.40. The summed E-state index contributed by atoms with van der Waals surface area (Å²) in [7, 11) is 1.35. The van der Waals surface area contributed by atoms with E-state index in [1.54, 1.807) is 13.0 Å². The standard InChI is InChI=1S/C48H52N2O19/c1-23-24(2)41(56)67-38-36(66-43(58)30-17-18-32(55)50(9)20-30)40(65-28(6)54)47(22-61-25(3)51)39(68-42(57)29-14-11-10-12-15-29)35(63-26(4)52)33-37(64-27(5)53)48(47,46(38,8)60)69-45(33,7)21-62-44(59)31-16-13-19-49-34(23)31/h10-20,23-24,33,35-40,60H,21-22H2,1-9H3/t23-,24+,33-,35+,36+,37-,38+,39-,40+,45+,46+,47+,48+/m1/s1. The summed E-state index contributed by atoms with van der Waals surface area (Å²) in [5.74, 6) is -12.5. The molecule has 0 radical (unpaired) electrons. The Morgan fingerprint density at radius 2 is 1.36 bits per heavy atom. The van der Waals surface area contributed by atoms with Crippen molar-refractivity contribution >= 4 is 47.8 Å². The molecule has 7 rings (SSSR count). The minimum Gasteiger partial charge on any atom is -0.465 e. The van der Waals surface area contributed by atoms with Gasteiger partial charge in [0.25, 0.3) is 0 Å². The maximum Gasteiger partial charge on any atom is 0.340 e. The number of aromatic nitrogens is 2. The van der Waals surface area contributed by atoms with E-state index >= 15 is 0 Å². The number of ether oxygens (including phenoxy) is 9. The molecule has 4 heterocycles. The van der Waals surface area contributed by atoms with Crippen LogP contribution in [0.2, 0.25) is 0 Å². The van der Waals surface area contributed by atoms with E-state index < -0.39 is 143 Å². The first kappa shape index (κ1) is 49.9. The lowest BCUT2D eigenvalue weighted by Crippen LogP contribution is -2.89. The molecule has 3 aromatic rings. The predicted molar refractivity (Wildman–Crippen MR) is 231 cm³/mol. The average molecular weight is 961 g/mol. The van der Waals surface area contributed by atoms with Crippen LogP contribution >= 0.6 is 0 Å². The van der Waals surface area contributed by atoms with Crippen LogP contribution in [0.15, 0.2) is 71.8 Å². The predicted octanol–water partition coefficient (Wildman–Crippen LogP) is 2.32. The normalized spacial score (nSPS) is 33.5. The minimum atomic E-state index is -2.98. The molecule has 21 nitrogen and oxygen atoms in total. The zero-order chi connectivity index (χ0) is 50.5. The summed E-state index contributed by atoms with van der Waals surface area (Å²) in [5, 5.41) is 13.9. The molecule has 0 unspecified atom stereocenters. The fourth-order valence-electron chi connectivity index (χ4n) is 10.5. The van der Waals surface area contributed by atoms with Gasteiger partial charge in [0, 0.05) is 59.1 Å². The van der Waals surface area contributed by atoms with E-state index in [0.717, 1.165) is 57.5 Å². The van der Waals surface area contributed by atoms with Crippen LogP contribution in [0.5, 0.6) is 0 Å². The van der Waals surface area contributed by atoms with E-state index in [1.807, 2.05) is 0 Å². The number of fused-ring (bicyclic) bond motifs is 5. The molecule has 1 aromatic carbocycles. The molecule has 0 amide bonds. The zero-order valence-corrected chi connectivity index (χ0v) is 39.2. The number of aliphatic hydroxyl groups is 1. The van der Waals surface area contributed by atoms with Gasteiger partial charge in [-0.15, -0.1) is 0 Å². The molecule has 2 aliphatic heterocycles. The third kappa shape index (κ3) is 8.40. The minimum absolute atomic E-state index is 0.0810. The lowest BCUT2D eigenvalue weighted by atomic mass is 9.45. The van der Waals surface area contributed by atoms with Crippen molar-refractivity contribution in [1.29, 1.82) is 0 Å². The Labute approximate surface area is 394 Å². The SMILES string of the molecule is CC(=O)OC[C@@]12[C@H](OC(=O)c3ccccc3)[C@@H](OC(C)=O)[C@@H]3[C@@H](OC(C)=O)[C@@]14O[C@@]3(C)COC(=O)c1cccnc1[C@H](C)[C@H](C)C(=O)O[C@@H]([C@H](OC(=O)c1ccc(=O)n(C)c1)[C@@H]2OC(C)=O)[C@]4(C)O. The van der Waals surface area contributed by atoms with Gasteiger partial charge in [-0.1, -0.05) is 32.0 Å². The highest BCUT2D eigenvalue weighted by atomic mass is 16.7. The van der Waals surface area contributed by atoms with Crippen LogP contribution in [-0.2, 0) is 73.7 Å². The number of pyridine rings is 2. The Morgan fingerprint density at radius 1 is 0.739 bits per heavy atom. The number of aryl methyl sites for hydroxylation is 1. The molecular formula is C48H52N2O19. The number of hydrogen-bond donors (Lipinski definition) is 1. The molecule has 1 spiro atoms. The summed E-state index contributed by atoms with van der Waals surface area (Å²) in [6.07, 6.45) is -10.4. The van der Waals surface area contributed by atoms with Gasteiger partial charge in [-0.2, -0.15) is 0 Å². The highest BCUT2D eigenvalue weighted by Crippen LogP contribution is 2.70. The summed E-state index contributed by atoms with van der Waals surface area (Å²) in [4.78, 5) is 129. The molecule has 21 heteroatoms. The number of carbonyl (C=O) groups is 8. The van der Waals surface area contributed by atoms with Gasteiger partial charge in [0.1, 0.15) is 42.0 Å². The van der Waals surface area contributed by atoms with Crippen LogP contribution in [0.3, 0.4) is 0 Å². The van der Waals surface area contributed by atoms with E-state index in [2.05, 4.69) is 4.98 Å². The van der Waals surface area contributed by atoms with Crippen LogP contribution in [0, 0.1) is 17.3 Å². The number of hydrogen-bond acceptors (Lipinski definition) is 20. The second-order valence-corrected chi connectivity index (χ2v) is 18.2. The van der Waals surface area contributed by atoms with Crippen LogP contribution in [0.1, 0.15) is 98.1 Å². The number of cyclic esters (lactones) is 1. The molecule has 1 saturated heterocycles. The number of carbonyl (C=O) groups excluding carboxylic acids is 8. The molecule has 69 heavy (non-hydrogen) atoms. The molecule has 2 aliphatic carbocycles. The maximum absolute atomic E-state index is 14.8. The van der Waals surface area contributed by atoms with Crippen LogP contribution < -0.4 is 5.56 Å². The lowest BCUT2D eigenvalue weighted by Gasteiger charge is -2.67. The fourth-order valence-corrected chi connectivity index (χ4v) is 10.5. The Bertz CT molecular complexity index is 2650. The van der Waals surface area contributed by atoms with Gasteiger partial charge in [-0.3, -0.25) is 33.8 Å². The van der Waals surface area contributed by atoms with Crippen molar-refractivity contribution in [2.75, 3.05) is 13.2 Å². The molecule has 4 bridgehead atoms. The zero-order valence-electron chi connectivity index (χ0n) is 39.2. The van der Waals surface area contributed by atoms with E-state index in [4.69, 9.17) is 42.6 Å². The molecule has 4 aliphatic rings. The van der Waals surface area contributed by atoms with Gasteiger partial charge in [0.05, 0.1) is 34.2 Å². The van der Waals surface area contributed by atoms with Crippen molar-refractivity contribution in [1.82, 2.24) is 9.55 Å². The van der Waals surface area contributed by atoms with E-state index in [1.165, 1.54) is 63.5 Å².